The minimum Gasteiger partial charge on any atom is -0.382 e. The molecule has 1 heterocycles. The molecule has 0 saturated carbocycles. The van der Waals surface area contributed by atoms with Gasteiger partial charge in [0.05, 0.1) is 4.88 Å². The van der Waals surface area contributed by atoms with E-state index >= 15 is 0 Å². The number of hydrogen-bond acceptors (Lipinski definition) is 4. The Hall–Kier alpha value is -0.870. The second-order valence-electron chi connectivity index (χ2n) is 4.92. The van der Waals surface area contributed by atoms with Crippen LogP contribution in [-0.2, 0) is 4.74 Å². The summed E-state index contributed by atoms with van der Waals surface area (Å²) in [7, 11) is 1.76. The standard InChI is InChI=1S/C16H28N4O2S.HI/c1-3-22-12-5-4-9-19-16(17-2)20-11-7-10-18-15(21)14-8-6-13-23-14;/h6,8,13H,3-5,7,9-12H2,1-2H3,(H,18,21)(H2,17,19,20);1H. The van der Waals surface area contributed by atoms with Crippen molar-refractivity contribution in [2.45, 2.75) is 26.2 Å². The number of halogens is 1. The van der Waals surface area contributed by atoms with E-state index in [1.54, 1.807) is 7.05 Å². The van der Waals surface area contributed by atoms with Crippen molar-refractivity contribution in [2.75, 3.05) is 39.9 Å². The highest BCUT2D eigenvalue weighted by molar-refractivity contribution is 14.0. The van der Waals surface area contributed by atoms with Gasteiger partial charge in [0, 0.05) is 39.9 Å². The maximum absolute atomic E-state index is 11.7. The molecule has 0 aliphatic carbocycles. The molecule has 24 heavy (non-hydrogen) atoms. The third-order valence-electron chi connectivity index (χ3n) is 3.11. The van der Waals surface area contributed by atoms with Crippen molar-refractivity contribution in [1.29, 1.82) is 0 Å². The predicted octanol–water partition coefficient (Wildman–Crippen LogP) is 2.47. The van der Waals surface area contributed by atoms with Crippen molar-refractivity contribution in [3.05, 3.63) is 22.4 Å². The smallest absolute Gasteiger partial charge is 0.261 e. The first-order chi connectivity index (χ1) is 11.3. The number of ether oxygens (including phenoxy) is 1. The molecule has 138 valence electrons. The van der Waals surface area contributed by atoms with E-state index < -0.39 is 0 Å². The SMILES string of the molecule is CCOCCCCNC(=NC)NCCCNC(=O)c1cccs1.I. The average Bonchev–Trinajstić information content (AvgIpc) is 3.10. The Labute approximate surface area is 165 Å². The lowest BCUT2D eigenvalue weighted by Gasteiger charge is -2.12. The molecule has 0 atom stereocenters. The van der Waals surface area contributed by atoms with E-state index in [-0.39, 0.29) is 29.9 Å². The summed E-state index contributed by atoms with van der Waals surface area (Å²) in [5.74, 6) is 0.794. The van der Waals surface area contributed by atoms with Gasteiger partial charge >= 0.3 is 0 Å². The maximum atomic E-state index is 11.7. The molecule has 1 aromatic heterocycles. The maximum Gasteiger partial charge on any atom is 0.261 e. The molecular weight excluding hydrogens is 439 g/mol. The molecule has 0 bridgehead atoms. The summed E-state index contributed by atoms with van der Waals surface area (Å²) in [6.07, 6.45) is 2.95. The molecule has 8 heteroatoms. The number of rotatable bonds is 11. The highest BCUT2D eigenvalue weighted by Gasteiger charge is 2.04. The van der Waals surface area contributed by atoms with Crippen molar-refractivity contribution >= 4 is 47.2 Å². The number of aliphatic imine (C=N–C) groups is 1. The third kappa shape index (κ3) is 10.8. The highest BCUT2D eigenvalue weighted by atomic mass is 127. The molecule has 1 rings (SSSR count). The zero-order chi connectivity index (χ0) is 16.8. The van der Waals surface area contributed by atoms with Gasteiger partial charge in [0.2, 0.25) is 0 Å². The minimum absolute atomic E-state index is 0. The van der Waals surface area contributed by atoms with Crippen molar-refractivity contribution in [2.24, 2.45) is 4.99 Å². The normalized spacial score (nSPS) is 10.8. The van der Waals surface area contributed by atoms with Crippen molar-refractivity contribution in [1.82, 2.24) is 16.0 Å². The van der Waals surface area contributed by atoms with Crippen molar-refractivity contribution in [3.63, 3.8) is 0 Å². The summed E-state index contributed by atoms with van der Waals surface area (Å²) in [5, 5.41) is 11.3. The highest BCUT2D eigenvalue weighted by Crippen LogP contribution is 2.07. The van der Waals surface area contributed by atoms with Crippen LogP contribution in [0.5, 0.6) is 0 Å². The first kappa shape index (κ1) is 23.1. The van der Waals surface area contributed by atoms with Crippen LogP contribution in [0.3, 0.4) is 0 Å². The predicted molar refractivity (Wildman–Crippen MR) is 112 cm³/mol. The summed E-state index contributed by atoms with van der Waals surface area (Å²) >= 11 is 1.45. The van der Waals surface area contributed by atoms with Gasteiger partial charge in [0.15, 0.2) is 5.96 Å². The van der Waals surface area contributed by atoms with Gasteiger partial charge in [-0.25, -0.2) is 0 Å². The molecule has 0 unspecified atom stereocenters. The Bertz CT molecular complexity index is 455. The molecule has 1 amide bonds. The van der Waals surface area contributed by atoms with Crippen LogP contribution in [0, 0.1) is 0 Å². The quantitative estimate of drug-likeness (QED) is 0.202. The number of thiophene rings is 1. The minimum atomic E-state index is -0.00296. The molecule has 1 aromatic rings. The van der Waals surface area contributed by atoms with Gasteiger partial charge in [-0.2, -0.15) is 0 Å². The Balaban J connectivity index is 0.00000529. The van der Waals surface area contributed by atoms with Gasteiger partial charge in [0.25, 0.3) is 5.91 Å². The number of unbranched alkanes of at least 4 members (excludes halogenated alkanes) is 1. The van der Waals surface area contributed by atoms with E-state index in [4.69, 9.17) is 4.74 Å². The van der Waals surface area contributed by atoms with E-state index in [2.05, 4.69) is 20.9 Å². The number of carbonyl (C=O) groups excluding carboxylic acids is 1. The topological polar surface area (TPSA) is 74.8 Å². The number of carbonyl (C=O) groups is 1. The molecule has 6 nitrogen and oxygen atoms in total. The Morgan fingerprint density at radius 2 is 1.88 bits per heavy atom. The van der Waals surface area contributed by atoms with Crippen LogP contribution in [0.15, 0.2) is 22.5 Å². The molecule has 0 spiro atoms. The fourth-order valence-electron chi connectivity index (χ4n) is 1.89. The molecule has 0 radical (unpaired) electrons. The van der Waals surface area contributed by atoms with E-state index in [0.717, 1.165) is 56.4 Å². The first-order valence-corrected chi connectivity index (χ1v) is 8.99. The second-order valence-corrected chi connectivity index (χ2v) is 5.86. The summed E-state index contributed by atoms with van der Waals surface area (Å²) in [6.45, 7) is 5.89. The van der Waals surface area contributed by atoms with Crippen LogP contribution < -0.4 is 16.0 Å². The number of guanidine groups is 1. The molecular formula is C16H29IN4O2S. The van der Waals surface area contributed by atoms with Crippen LogP contribution in [0.2, 0.25) is 0 Å². The Kier molecular flexibility index (Phi) is 15.1. The summed E-state index contributed by atoms with van der Waals surface area (Å²) < 4.78 is 5.30. The summed E-state index contributed by atoms with van der Waals surface area (Å²) in [6, 6.07) is 3.71. The van der Waals surface area contributed by atoms with Gasteiger partial charge < -0.3 is 20.7 Å². The fraction of sp³-hybridized carbons (Fsp3) is 0.625. The largest absolute Gasteiger partial charge is 0.382 e. The zero-order valence-corrected chi connectivity index (χ0v) is 17.6. The lowest BCUT2D eigenvalue weighted by atomic mass is 10.3. The zero-order valence-electron chi connectivity index (χ0n) is 14.5. The molecule has 0 fully saturated rings. The van der Waals surface area contributed by atoms with Crippen molar-refractivity contribution in [3.8, 4) is 0 Å². The third-order valence-corrected chi connectivity index (χ3v) is 3.98. The monoisotopic (exact) mass is 468 g/mol. The molecule has 0 aliphatic rings. The van der Waals surface area contributed by atoms with E-state index in [1.807, 2.05) is 24.4 Å². The van der Waals surface area contributed by atoms with Gasteiger partial charge in [-0.05, 0) is 37.6 Å². The van der Waals surface area contributed by atoms with E-state index in [9.17, 15) is 4.79 Å². The summed E-state index contributed by atoms with van der Waals surface area (Å²) in [4.78, 5) is 16.7. The lowest BCUT2D eigenvalue weighted by molar-refractivity contribution is 0.0957. The molecule has 3 N–H and O–H groups in total. The van der Waals surface area contributed by atoms with Crippen LogP contribution in [-0.4, -0.2) is 51.8 Å². The molecule has 0 aromatic carbocycles. The number of nitrogens with one attached hydrogen (secondary N) is 3. The number of amides is 1. The van der Waals surface area contributed by atoms with Gasteiger partial charge in [-0.3, -0.25) is 9.79 Å². The van der Waals surface area contributed by atoms with E-state index in [1.165, 1.54) is 11.3 Å². The van der Waals surface area contributed by atoms with Gasteiger partial charge in [0.1, 0.15) is 0 Å². The second kappa shape index (κ2) is 15.6. The Morgan fingerprint density at radius 1 is 1.17 bits per heavy atom. The van der Waals surface area contributed by atoms with Gasteiger partial charge in [-0.1, -0.05) is 6.07 Å². The van der Waals surface area contributed by atoms with E-state index in [0.29, 0.717) is 6.54 Å². The average molecular weight is 468 g/mol. The van der Waals surface area contributed by atoms with Crippen LogP contribution in [0.25, 0.3) is 0 Å². The first-order valence-electron chi connectivity index (χ1n) is 8.12. The molecule has 0 saturated heterocycles. The number of nitrogens with zero attached hydrogens (tertiary/aromatic N) is 1. The summed E-state index contributed by atoms with van der Waals surface area (Å²) in [5.41, 5.74) is 0. The fourth-order valence-corrected chi connectivity index (χ4v) is 2.53. The number of hydrogen-bond donors (Lipinski definition) is 3. The van der Waals surface area contributed by atoms with Gasteiger partial charge in [-0.15, -0.1) is 35.3 Å². The molecule has 0 aliphatic heterocycles. The Morgan fingerprint density at radius 3 is 2.50 bits per heavy atom. The van der Waals surface area contributed by atoms with Crippen LogP contribution >= 0.6 is 35.3 Å². The van der Waals surface area contributed by atoms with Crippen molar-refractivity contribution < 1.29 is 9.53 Å². The van der Waals surface area contributed by atoms with Crippen LogP contribution in [0.1, 0.15) is 35.9 Å². The lowest BCUT2D eigenvalue weighted by Crippen LogP contribution is -2.39. The van der Waals surface area contributed by atoms with Crippen LogP contribution in [0.4, 0.5) is 0 Å².